The zero-order chi connectivity index (χ0) is 37.3. The van der Waals surface area contributed by atoms with Gasteiger partial charge in [-0.25, -0.2) is 0 Å². The van der Waals surface area contributed by atoms with Crippen LogP contribution in [0.5, 0.6) is 0 Å². The molecule has 0 aromatic rings. The fraction of sp³-hybridized carbons (Fsp3) is 0.891. The zero-order valence-corrected chi connectivity index (χ0v) is 34.2. The summed E-state index contributed by atoms with van der Waals surface area (Å²) in [5.41, 5.74) is 0. The maximum absolute atomic E-state index is 12.4. The van der Waals surface area contributed by atoms with Crippen LogP contribution in [0.3, 0.4) is 0 Å². The van der Waals surface area contributed by atoms with Gasteiger partial charge in [0.1, 0.15) is 6.10 Å². The van der Waals surface area contributed by atoms with Crippen LogP contribution < -0.4 is 5.32 Å². The fourth-order valence-electron chi connectivity index (χ4n) is 7.00. The first-order chi connectivity index (χ1) is 25.1. The standard InChI is InChI=1S/C46H89NO4/c1-3-5-7-9-11-13-15-17-19-20-21-22-23-24-25-27-29-31-33-35-37-39-41-45(50)47-43(42-48)46(51)44(49)40-38-36-34-32-30-28-26-18-16-14-12-10-8-6-4-2/h18,26,32,34,43-44,46,48-49,51H,3-17,19-25,27-31,33,35-42H2,1-2H3,(H,47,50)/b26-18+,34-32+. The van der Waals surface area contributed by atoms with Crippen molar-refractivity contribution in [1.29, 1.82) is 0 Å². The lowest BCUT2D eigenvalue weighted by Crippen LogP contribution is -2.50. The fourth-order valence-corrected chi connectivity index (χ4v) is 7.00. The van der Waals surface area contributed by atoms with E-state index in [1.165, 1.54) is 167 Å². The van der Waals surface area contributed by atoms with Gasteiger partial charge in [0.2, 0.25) is 5.91 Å². The number of rotatable bonds is 41. The number of allylic oxidation sites excluding steroid dienone is 4. The summed E-state index contributed by atoms with van der Waals surface area (Å²) in [5.74, 6) is -0.155. The minimum absolute atomic E-state index is 0.155. The van der Waals surface area contributed by atoms with Gasteiger partial charge in [0.05, 0.1) is 18.8 Å². The van der Waals surface area contributed by atoms with Gasteiger partial charge in [0.25, 0.3) is 0 Å². The number of carbonyl (C=O) groups is 1. The predicted molar refractivity (Wildman–Crippen MR) is 222 cm³/mol. The molecule has 0 saturated carbocycles. The van der Waals surface area contributed by atoms with E-state index in [1.807, 2.05) is 0 Å². The second-order valence-corrected chi connectivity index (χ2v) is 15.6. The first-order valence-corrected chi connectivity index (χ1v) is 22.6. The molecule has 0 radical (unpaired) electrons. The van der Waals surface area contributed by atoms with Gasteiger partial charge < -0.3 is 20.6 Å². The lowest BCUT2D eigenvalue weighted by molar-refractivity contribution is -0.124. The van der Waals surface area contributed by atoms with E-state index in [-0.39, 0.29) is 12.5 Å². The van der Waals surface area contributed by atoms with Crippen molar-refractivity contribution in [3.63, 3.8) is 0 Å². The minimum atomic E-state index is -1.16. The van der Waals surface area contributed by atoms with E-state index in [9.17, 15) is 20.1 Å². The van der Waals surface area contributed by atoms with Crippen LogP contribution in [-0.4, -0.2) is 46.1 Å². The number of amides is 1. The molecule has 5 heteroatoms. The first kappa shape index (κ1) is 49.8. The Bertz CT molecular complexity index is 754. The summed E-state index contributed by atoms with van der Waals surface area (Å²) >= 11 is 0. The van der Waals surface area contributed by atoms with E-state index in [0.717, 1.165) is 44.9 Å². The Hall–Kier alpha value is -1.17. The quantitative estimate of drug-likeness (QED) is 0.0374. The molecule has 0 spiro atoms. The van der Waals surface area contributed by atoms with E-state index in [1.54, 1.807) is 0 Å². The van der Waals surface area contributed by atoms with Crippen molar-refractivity contribution in [1.82, 2.24) is 5.32 Å². The van der Waals surface area contributed by atoms with Crippen molar-refractivity contribution >= 4 is 5.91 Å². The zero-order valence-electron chi connectivity index (χ0n) is 34.2. The molecule has 0 heterocycles. The largest absolute Gasteiger partial charge is 0.394 e. The van der Waals surface area contributed by atoms with Crippen molar-refractivity contribution in [2.24, 2.45) is 0 Å². The Kier molecular flexibility index (Phi) is 40.6. The van der Waals surface area contributed by atoms with Gasteiger partial charge in [-0.1, -0.05) is 205 Å². The van der Waals surface area contributed by atoms with E-state index >= 15 is 0 Å². The third kappa shape index (κ3) is 37.0. The van der Waals surface area contributed by atoms with Crippen molar-refractivity contribution in [3.8, 4) is 0 Å². The van der Waals surface area contributed by atoms with Gasteiger partial charge in [0, 0.05) is 6.42 Å². The van der Waals surface area contributed by atoms with Crippen LogP contribution in [0.4, 0.5) is 0 Å². The van der Waals surface area contributed by atoms with E-state index in [2.05, 4.69) is 43.5 Å². The molecule has 0 aliphatic heterocycles. The molecule has 0 aromatic heterocycles. The highest BCUT2D eigenvalue weighted by atomic mass is 16.3. The molecule has 0 aromatic carbocycles. The van der Waals surface area contributed by atoms with Crippen LogP contribution in [0.15, 0.2) is 24.3 Å². The summed E-state index contributed by atoms with van der Waals surface area (Å²) in [7, 11) is 0. The van der Waals surface area contributed by atoms with Gasteiger partial charge in [-0.05, 0) is 51.4 Å². The second-order valence-electron chi connectivity index (χ2n) is 15.6. The Morgan fingerprint density at radius 2 is 0.804 bits per heavy atom. The molecule has 0 aliphatic carbocycles. The molecule has 302 valence electrons. The van der Waals surface area contributed by atoms with Crippen LogP contribution >= 0.6 is 0 Å². The normalized spacial score (nSPS) is 13.7. The van der Waals surface area contributed by atoms with Crippen molar-refractivity contribution in [2.45, 2.75) is 257 Å². The van der Waals surface area contributed by atoms with Crippen LogP contribution in [-0.2, 0) is 4.79 Å². The monoisotopic (exact) mass is 720 g/mol. The molecule has 0 saturated heterocycles. The summed E-state index contributed by atoms with van der Waals surface area (Å²) in [4.78, 5) is 12.4. The van der Waals surface area contributed by atoms with Gasteiger partial charge >= 0.3 is 0 Å². The van der Waals surface area contributed by atoms with Gasteiger partial charge in [0.15, 0.2) is 0 Å². The lowest BCUT2D eigenvalue weighted by Gasteiger charge is -2.26. The average molecular weight is 720 g/mol. The topological polar surface area (TPSA) is 89.8 Å². The Balaban J connectivity index is 3.62. The molecule has 5 nitrogen and oxygen atoms in total. The molecule has 0 aliphatic rings. The minimum Gasteiger partial charge on any atom is -0.394 e. The summed E-state index contributed by atoms with van der Waals surface area (Å²) < 4.78 is 0. The molecule has 3 unspecified atom stereocenters. The Morgan fingerprint density at radius 1 is 0.471 bits per heavy atom. The van der Waals surface area contributed by atoms with Crippen molar-refractivity contribution < 1.29 is 20.1 Å². The molecule has 51 heavy (non-hydrogen) atoms. The lowest BCUT2D eigenvalue weighted by atomic mass is 10.0. The summed E-state index contributed by atoms with van der Waals surface area (Å²) in [5, 5.41) is 33.5. The highest BCUT2D eigenvalue weighted by molar-refractivity contribution is 5.76. The average Bonchev–Trinajstić information content (AvgIpc) is 3.13. The number of hydrogen-bond acceptors (Lipinski definition) is 4. The maximum Gasteiger partial charge on any atom is 0.220 e. The third-order valence-corrected chi connectivity index (χ3v) is 10.5. The number of aliphatic hydroxyl groups is 3. The molecular formula is C46H89NO4. The van der Waals surface area contributed by atoms with Gasteiger partial charge in [-0.15, -0.1) is 0 Å². The maximum atomic E-state index is 12.4. The summed E-state index contributed by atoms with van der Waals surface area (Å²) in [6.07, 6.45) is 50.1. The molecule has 0 rings (SSSR count). The smallest absolute Gasteiger partial charge is 0.220 e. The number of carbonyl (C=O) groups excluding carboxylic acids is 1. The van der Waals surface area contributed by atoms with Crippen molar-refractivity contribution in [2.75, 3.05) is 6.61 Å². The third-order valence-electron chi connectivity index (χ3n) is 10.5. The molecule has 0 fully saturated rings. The molecule has 4 N–H and O–H groups in total. The molecule has 3 atom stereocenters. The second kappa shape index (κ2) is 41.6. The molecule has 0 bridgehead atoms. The van der Waals surface area contributed by atoms with Gasteiger partial charge in [-0.3, -0.25) is 4.79 Å². The molecular weight excluding hydrogens is 631 g/mol. The SMILES string of the molecule is CCCCCCCC/C=C/CC/C=C/CCCC(O)C(O)C(CO)NC(=O)CCCCCCCCCCCCCCCCCCCCCCCC. The van der Waals surface area contributed by atoms with Crippen LogP contribution in [0, 0.1) is 0 Å². The molecule has 1 amide bonds. The van der Waals surface area contributed by atoms with Crippen LogP contribution in [0.25, 0.3) is 0 Å². The van der Waals surface area contributed by atoms with E-state index in [0.29, 0.717) is 12.8 Å². The van der Waals surface area contributed by atoms with Crippen LogP contribution in [0.1, 0.15) is 239 Å². The van der Waals surface area contributed by atoms with E-state index in [4.69, 9.17) is 0 Å². The number of aliphatic hydroxyl groups excluding tert-OH is 3. The number of unbranched alkanes of at least 4 members (excludes halogenated alkanes) is 29. The first-order valence-electron chi connectivity index (χ1n) is 22.6. The summed E-state index contributed by atoms with van der Waals surface area (Å²) in [6.45, 7) is 4.16. The van der Waals surface area contributed by atoms with Crippen molar-refractivity contribution in [3.05, 3.63) is 24.3 Å². The number of hydrogen-bond donors (Lipinski definition) is 4. The van der Waals surface area contributed by atoms with Crippen LogP contribution in [0.2, 0.25) is 0 Å². The number of nitrogens with one attached hydrogen (secondary N) is 1. The summed E-state index contributed by atoms with van der Waals surface area (Å²) in [6, 6.07) is -0.828. The Morgan fingerprint density at radius 3 is 1.20 bits per heavy atom. The van der Waals surface area contributed by atoms with Gasteiger partial charge in [-0.2, -0.15) is 0 Å². The predicted octanol–water partition coefficient (Wildman–Crippen LogP) is 13.0. The Labute approximate surface area is 318 Å². The van der Waals surface area contributed by atoms with E-state index < -0.39 is 18.2 Å². The highest BCUT2D eigenvalue weighted by Gasteiger charge is 2.26. The highest BCUT2D eigenvalue weighted by Crippen LogP contribution is 2.16.